The van der Waals surface area contributed by atoms with Crippen molar-refractivity contribution in [2.24, 2.45) is 0 Å². The Morgan fingerprint density at radius 2 is 2.04 bits per heavy atom. The van der Waals surface area contributed by atoms with Crippen molar-refractivity contribution < 1.29 is 14.0 Å². The van der Waals surface area contributed by atoms with Gasteiger partial charge in [0.25, 0.3) is 0 Å². The normalized spacial score (nSPS) is 19.1. The van der Waals surface area contributed by atoms with Gasteiger partial charge in [-0.05, 0) is 24.6 Å². The van der Waals surface area contributed by atoms with Crippen molar-refractivity contribution in [2.75, 3.05) is 14.2 Å². The molecule has 0 bridgehead atoms. The fourth-order valence-corrected chi connectivity index (χ4v) is 2.85. The fourth-order valence-electron chi connectivity index (χ4n) is 2.85. The van der Waals surface area contributed by atoms with Crippen LogP contribution in [0.25, 0.3) is 11.5 Å². The topological polar surface area (TPSA) is 83.2 Å². The Morgan fingerprint density at radius 1 is 1.12 bits per heavy atom. The third-order valence-corrected chi connectivity index (χ3v) is 4.18. The van der Waals surface area contributed by atoms with Crippen LogP contribution in [0.1, 0.15) is 29.7 Å². The van der Waals surface area contributed by atoms with E-state index in [1.807, 2.05) is 18.2 Å². The molecule has 3 aromatic rings. The minimum atomic E-state index is 0.184. The number of hydrogen-bond acceptors (Lipinski definition) is 7. The molecule has 1 aliphatic carbocycles. The molecule has 0 N–H and O–H groups in total. The highest BCUT2D eigenvalue weighted by atomic mass is 16.5. The minimum Gasteiger partial charge on any atom is -0.497 e. The Bertz CT molecular complexity index is 850. The van der Waals surface area contributed by atoms with E-state index in [0.717, 1.165) is 23.5 Å². The van der Waals surface area contributed by atoms with Gasteiger partial charge in [0.2, 0.25) is 11.7 Å². The third-order valence-electron chi connectivity index (χ3n) is 4.18. The van der Waals surface area contributed by atoms with Gasteiger partial charge in [-0.15, -0.1) is 0 Å². The van der Waals surface area contributed by atoms with Gasteiger partial charge in [-0.25, -0.2) is 4.98 Å². The molecule has 0 saturated heterocycles. The van der Waals surface area contributed by atoms with Crippen LogP contribution in [0.15, 0.2) is 41.3 Å². The molecule has 0 spiro atoms. The average molecular weight is 324 g/mol. The van der Waals surface area contributed by atoms with Crippen molar-refractivity contribution in [3.05, 3.63) is 48.2 Å². The number of benzene rings is 1. The Kier molecular flexibility index (Phi) is 3.60. The molecule has 0 radical (unpaired) electrons. The van der Waals surface area contributed by atoms with Gasteiger partial charge in [-0.2, -0.15) is 4.98 Å². The molecular formula is C17H16N4O3. The molecule has 0 aliphatic heterocycles. The predicted octanol–water partition coefficient (Wildman–Crippen LogP) is 2.81. The first-order chi connectivity index (χ1) is 11.8. The van der Waals surface area contributed by atoms with Crippen LogP contribution in [0.2, 0.25) is 0 Å². The first kappa shape index (κ1) is 14.6. The summed E-state index contributed by atoms with van der Waals surface area (Å²) in [6.07, 6.45) is 5.76. The summed E-state index contributed by atoms with van der Waals surface area (Å²) in [4.78, 5) is 12.7. The number of ether oxygens (including phenoxy) is 2. The minimum absolute atomic E-state index is 0.184. The van der Waals surface area contributed by atoms with Gasteiger partial charge in [0.15, 0.2) is 0 Å². The highest BCUT2D eigenvalue weighted by molar-refractivity contribution is 5.48. The van der Waals surface area contributed by atoms with Crippen molar-refractivity contribution in [3.8, 4) is 23.0 Å². The number of aromatic nitrogens is 4. The van der Waals surface area contributed by atoms with E-state index in [0.29, 0.717) is 17.4 Å². The SMILES string of the molecule is COc1ccc(OC)c([C@H]2C[C@H]2c2nc(-c3cnccn3)no2)c1. The molecule has 1 aliphatic rings. The summed E-state index contributed by atoms with van der Waals surface area (Å²) in [6, 6.07) is 5.81. The molecule has 2 atom stereocenters. The molecule has 0 unspecified atom stereocenters. The second-order valence-corrected chi connectivity index (χ2v) is 5.60. The monoisotopic (exact) mass is 324 g/mol. The smallest absolute Gasteiger partial charge is 0.230 e. The van der Waals surface area contributed by atoms with Gasteiger partial charge in [-0.3, -0.25) is 4.98 Å². The Morgan fingerprint density at radius 3 is 2.79 bits per heavy atom. The van der Waals surface area contributed by atoms with Crippen LogP contribution in [0.3, 0.4) is 0 Å². The van der Waals surface area contributed by atoms with E-state index in [1.165, 1.54) is 0 Å². The van der Waals surface area contributed by atoms with E-state index in [-0.39, 0.29) is 11.8 Å². The molecule has 7 heteroatoms. The van der Waals surface area contributed by atoms with Crippen molar-refractivity contribution in [2.45, 2.75) is 18.3 Å². The number of methoxy groups -OCH3 is 2. The summed E-state index contributed by atoms with van der Waals surface area (Å²) in [5.41, 5.74) is 1.70. The maximum Gasteiger partial charge on any atom is 0.230 e. The fraction of sp³-hybridized carbons (Fsp3) is 0.294. The zero-order valence-electron chi connectivity index (χ0n) is 13.3. The first-order valence-corrected chi connectivity index (χ1v) is 7.62. The van der Waals surface area contributed by atoms with Crippen LogP contribution in [0.5, 0.6) is 11.5 Å². The molecule has 122 valence electrons. The average Bonchev–Trinajstić information content (AvgIpc) is 3.29. The first-order valence-electron chi connectivity index (χ1n) is 7.62. The predicted molar refractivity (Wildman–Crippen MR) is 85.0 cm³/mol. The van der Waals surface area contributed by atoms with Crippen molar-refractivity contribution in [1.82, 2.24) is 20.1 Å². The van der Waals surface area contributed by atoms with Crippen LogP contribution in [0, 0.1) is 0 Å². The summed E-state index contributed by atoms with van der Waals surface area (Å²) in [6.45, 7) is 0. The van der Waals surface area contributed by atoms with Gasteiger partial charge in [0.1, 0.15) is 17.2 Å². The zero-order valence-corrected chi connectivity index (χ0v) is 13.3. The summed E-state index contributed by atoms with van der Waals surface area (Å²) >= 11 is 0. The summed E-state index contributed by atoms with van der Waals surface area (Å²) in [7, 11) is 3.32. The van der Waals surface area contributed by atoms with Crippen LogP contribution in [-0.4, -0.2) is 34.3 Å². The zero-order chi connectivity index (χ0) is 16.5. The van der Waals surface area contributed by atoms with Crippen molar-refractivity contribution >= 4 is 0 Å². The largest absolute Gasteiger partial charge is 0.497 e. The second-order valence-electron chi connectivity index (χ2n) is 5.60. The summed E-state index contributed by atoms with van der Waals surface area (Å²) in [5, 5.41) is 4.01. The lowest BCUT2D eigenvalue weighted by Gasteiger charge is -2.09. The summed E-state index contributed by atoms with van der Waals surface area (Å²) in [5.74, 6) is 3.19. The maximum absolute atomic E-state index is 5.46. The van der Waals surface area contributed by atoms with Crippen molar-refractivity contribution in [1.29, 1.82) is 0 Å². The lowest BCUT2D eigenvalue weighted by Crippen LogP contribution is -1.93. The number of rotatable bonds is 5. The quantitative estimate of drug-likeness (QED) is 0.713. The van der Waals surface area contributed by atoms with Gasteiger partial charge in [-0.1, -0.05) is 5.16 Å². The second kappa shape index (κ2) is 5.92. The molecule has 1 aromatic carbocycles. The van der Waals surface area contributed by atoms with Gasteiger partial charge in [0.05, 0.1) is 20.4 Å². The van der Waals surface area contributed by atoms with E-state index in [2.05, 4.69) is 20.1 Å². The standard InChI is InChI=1S/C17H16N4O3/c1-22-10-3-4-15(23-2)12(7-10)11-8-13(11)17-20-16(21-24-17)14-9-18-5-6-19-14/h3-7,9,11,13H,8H2,1-2H3/t11-,13-/m1/s1. The lowest BCUT2D eigenvalue weighted by molar-refractivity contribution is 0.376. The van der Waals surface area contributed by atoms with E-state index in [4.69, 9.17) is 14.0 Å². The van der Waals surface area contributed by atoms with Crippen LogP contribution in [-0.2, 0) is 0 Å². The van der Waals surface area contributed by atoms with Crippen molar-refractivity contribution in [3.63, 3.8) is 0 Å². The molecule has 1 fully saturated rings. The Balaban J connectivity index is 1.58. The molecule has 7 nitrogen and oxygen atoms in total. The van der Waals surface area contributed by atoms with Crippen LogP contribution < -0.4 is 9.47 Å². The third kappa shape index (κ3) is 2.58. The van der Waals surface area contributed by atoms with E-state index >= 15 is 0 Å². The number of hydrogen-bond donors (Lipinski definition) is 0. The highest BCUT2D eigenvalue weighted by Crippen LogP contribution is 2.56. The van der Waals surface area contributed by atoms with E-state index in [9.17, 15) is 0 Å². The van der Waals surface area contributed by atoms with E-state index in [1.54, 1.807) is 32.8 Å². The molecule has 2 heterocycles. The summed E-state index contributed by atoms with van der Waals surface area (Å²) < 4.78 is 16.2. The highest BCUT2D eigenvalue weighted by Gasteiger charge is 2.45. The Labute approximate surface area is 138 Å². The maximum atomic E-state index is 5.46. The van der Waals surface area contributed by atoms with Crippen LogP contribution in [0.4, 0.5) is 0 Å². The van der Waals surface area contributed by atoms with Gasteiger partial charge in [0, 0.05) is 29.8 Å². The molecule has 24 heavy (non-hydrogen) atoms. The number of nitrogens with zero attached hydrogens (tertiary/aromatic N) is 4. The molecule has 0 amide bonds. The molecular weight excluding hydrogens is 308 g/mol. The molecule has 1 saturated carbocycles. The van der Waals surface area contributed by atoms with Crippen LogP contribution >= 0.6 is 0 Å². The van der Waals surface area contributed by atoms with E-state index < -0.39 is 0 Å². The lowest BCUT2D eigenvalue weighted by atomic mass is 10.1. The Hall–Kier alpha value is -2.96. The van der Waals surface area contributed by atoms with Gasteiger partial charge >= 0.3 is 0 Å². The van der Waals surface area contributed by atoms with Gasteiger partial charge < -0.3 is 14.0 Å². The molecule has 2 aromatic heterocycles. The molecule has 4 rings (SSSR count).